The smallest absolute Gasteiger partial charge is 0.663 e. The van der Waals surface area contributed by atoms with Gasteiger partial charge in [-0.25, -0.2) is 0 Å². The fourth-order valence-corrected chi connectivity index (χ4v) is 3.71. The Labute approximate surface area is 310 Å². The van der Waals surface area contributed by atoms with E-state index in [-0.39, 0.29) is 125 Å². The fraction of sp³-hybridized carbons (Fsp3) is 0.929. The molecule has 0 aliphatic rings. The molecule has 0 aliphatic heterocycles. The number of rotatable bonds is 14. The van der Waals surface area contributed by atoms with Gasteiger partial charge in [0.05, 0.1) is 0 Å². The van der Waals surface area contributed by atoms with Gasteiger partial charge in [0.25, 0.3) is 0 Å². The van der Waals surface area contributed by atoms with E-state index in [1.807, 2.05) is 0 Å². The second kappa shape index (κ2) is 28.0. The van der Waals surface area contributed by atoms with Gasteiger partial charge in [-0.3, -0.25) is 0 Å². The van der Waals surface area contributed by atoms with Crippen LogP contribution in [0, 0.1) is 14.9 Å². The molecule has 0 aromatic carbocycles. The number of nitrogens with zero attached hydrogens (tertiary/aromatic N) is 6. The van der Waals surface area contributed by atoms with E-state index < -0.39 is 0 Å². The summed E-state index contributed by atoms with van der Waals surface area (Å²) in [6.45, 7) is 34.6. The fourth-order valence-electron chi connectivity index (χ4n) is 3.71. The van der Waals surface area contributed by atoms with Gasteiger partial charge >= 0.3 is 97.8 Å². The Hall–Kier alpha value is 2.90. The van der Waals surface area contributed by atoms with E-state index in [1.54, 1.807) is 0 Å². The van der Waals surface area contributed by atoms with Crippen molar-refractivity contribution in [3.05, 3.63) is 36.1 Å². The second-order valence-electron chi connectivity index (χ2n) is 10.9. The van der Waals surface area contributed by atoms with Crippen LogP contribution >= 0.6 is 0 Å². The van der Waals surface area contributed by atoms with Gasteiger partial charge in [0, 0.05) is 24.2 Å². The van der Waals surface area contributed by atoms with E-state index in [1.165, 1.54) is 0 Å². The van der Waals surface area contributed by atoms with Crippen LogP contribution in [-0.2, 0) is 0 Å². The van der Waals surface area contributed by atoms with E-state index in [0.29, 0.717) is 48.3 Å². The Morgan fingerprint density at radius 2 is 0.472 bits per heavy atom. The molecular formula is C28H64Ba2N6-2. The Morgan fingerprint density at radius 1 is 0.333 bits per heavy atom. The van der Waals surface area contributed by atoms with Crippen LogP contribution in [0.25, 0.3) is 21.3 Å². The molecule has 0 atom stereocenters. The molecule has 212 valence electrons. The van der Waals surface area contributed by atoms with E-state index in [2.05, 4.69) is 121 Å². The first-order valence-corrected chi connectivity index (χ1v) is 12.9. The summed E-state index contributed by atoms with van der Waals surface area (Å²) in [4.78, 5) is 4.72. The Bertz CT molecular complexity index is 368. The maximum atomic E-state index is 4.72. The van der Waals surface area contributed by atoms with Gasteiger partial charge in [0.15, 0.2) is 0 Å². The third-order valence-corrected chi connectivity index (χ3v) is 4.64. The molecular weight excluding hydrogens is 695 g/mol. The van der Waals surface area contributed by atoms with Gasteiger partial charge in [-0.15, -0.1) is 24.2 Å². The molecule has 8 heteroatoms. The largest absolute Gasteiger partial charge is 2.00 e. The summed E-state index contributed by atoms with van der Waals surface area (Å²) in [5.41, 5.74) is 0. The van der Waals surface area contributed by atoms with Crippen LogP contribution in [0.4, 0.5) is 0 Å². The minimum Gasteiger partial charge on any atom is -0.663 e. The molecule has 0 bridgehead atoms. The van der Waals surface area contributed by atoms with Crippen LogP contribution in [0.2, 0.25) is 0 Å². The SMILES string of the molecule is CC(C)[N-]C([N-]C(C)C)N(C(C)C)C(C)C.CC(C)[N-]C([N-]C(C)C)N(C(C)C)C(C)C.[Ba+2].[Ba+2].[CH3-].[CH3-]. The van der Waals surface area contributed by atoms with Gasteiger partial charge in [-0.1, -0.05) is 55.4 Å². The Kier molecular flexibility index (Phi) is 40.2. The Morgan fingerprint density at radius 3 is 0.556 bits per heavy atom. The average molecular weight is 760 g/mol. The summed E-state index contributed by atoms with van der Waals surface area (Å²) in [7, 11) is 0. The van der Waals surface area contributed by atoms with E-state index in [0.717, 1.165) is 0 Å². The molecule has 36 heavy (non-hydrogen) atoms. The summed E-state index contributed by atoms with van der Waals surface area (Å²) in [6.07, 6.45) is -0.000000000000000888. The van der Waals surface area contributed by atoms with Crippen molar-refractivity contribution in [2.24, 2.45) is 0 Å². The van der Waals surface area contributed by atoms with Crippen molar-refractivity contribution in [3.8, 4) is 0 Å². The molecule has 0 aromatic rings. The van der Waals surface area contributed by atoms with Crippen LogP contribution in [0.15, 0.2) is 0 Å². The molecule has 0 rings (SSSR count). The molecule has 0 aromatic heterocycles. The molecule has 0 saturated carbocycles. The van der Waals surface area contributed by atoms with Crippen molar-refractivity contribution in [3.63, 3.8) is 0 Å². The van der Waals surface area contributed by atoms with Gasteiger partial charge in [0.1, 0.15) is 0 Å². The van der Waals surface area contributed by atoms with Crippen LogP contribution in [0.3, 0.4) is 0 Å². The number of hydrogen-bond acceptors (Lipinski definition) is 2. The van der Waals surface area contributed by atoms with Crippen LogP contribution in [0.1, 0.15) is 111 Å². The quantitative estimate of drug-likeness (QED) is 0.133. The second-order valence-corrected chi connectivity index (χ2v) is 10.9. The zero-order valence-corrected chi connectivity index (χ0v) is 36.8. The van der Waals surface area contributed by atoms with Crippen LogP contribution in [0.5, 0.6) is 0 Å². The zero-order chi connectivity index (χ0) is 25.8. The standard InChI is InChI=1S/2C13H29N3.2CH3.2Ba/c2*1-9(2)14-13(15-10(3)4)16(11(5)6)12(7)8;;;;/h2*9-13H,1-8H3;2*1H3;;/q2*-2;2*-1;2*+2. The molecule has 0 aliphatic carbocycles. The van der Waals surface area contributed by atoms with Crippen molar-refractivity contribution < 1.29 is 0 Å². The van der Waals surface area contributed by atoms with Crippen LogP contribution < -0.4 is 0 Å². The zero-order valence-electron chi connectivity index (χ0n) is 27.9. The topological polar surface area (TPSA) is 62.9 Å². The van der Waals surface area contributed by atoms with Crippen molar-refractivity contribution >= 4 is 97.8 Å². The first-order valence-electron chi connectivity index (χ1n) is 12.9. The predicted molar refractivity (Wildman–Crippen MR) is 170 cm³/mol. The van der Waals surface area contributed by atoms with Gasteiger partial charge in [0.2, 0.25) is 0 Å². The summed E-state index contributed by atoms with van der Waals surface area (Å²) in [6, 6.07) is 3.18. The maximum absolute atomic E-state index is 4.72. The normalized spacial score (nSPS) is 11.7. The van der Waals surface area contributed by atoms with Crippen molar-refractivity contribution in [2.75, 3.05) is 0 Å². The third kappa shape index (κ3) is 25.8. The van der Waals surface area contributed by atoms with Crippen molar-refractivity contribution in [2.45, 2.75) is 172 Å². The first-order chi connectivity index (χ1) is 14.5. The van der Waals surface area contributed by atoms with Crippen molar-refractivity contribution in [1.29, 1.82) is 0 Å². The van der Waals surface area contributed by atoms with Gasteiger partial charge in [-0.05, 0) is 55.4 Å². The molecule has 0 saturated heterocycles. The minimum absolute atomic E-state index is 0. The first kappa shape index (κ1) is 51.6. The Balaban J connectivity index is -0.000000112. The summed E-state index contributed by atoms with van der Waals surface area (Å²) in [5, 5.41) is 18.9. The monoisotopic (exact) mass is 760 g/mol. The van der Waals surface area contributed by atoms with Crippen molar-refractivity contribution in [1.82, 2.24) is 9.80 Å². The minimum atomic E-state index is -0.000000000000000444. The molecule has 0 spiro atoms. The molecule has 0 N–H and O–H groups in total. The van der Waals surface area contributed by atoms with E-state index >= 15 is 0 Å². The molecule has 0 unspecified atom stereocenters. The molecule has 0 radical (unpaired) electrons. The number of hydrogen-bond donors (Lipinski definition) is 0. The van der Waals surface area contributed by atoms with Gasteiger partial charge in [-0.2, -0.15) is 12.6 Å². The molecule has 0 fully saturated rings. The molecule has 0 heterocycles. The predicted octanol–water partition coefficient (Wildman–Crippen LogP) is 8.04. The molecule has 6 nitrogen and oxygen atoms in total. The third-order valence-electron chi connectivity index (χ3n) is 4.64. The molecule has 0 amide bonds. The average Bonchev–Trinajstić information content (AvgIpc) is 2.51. The van der Waals surface area contributed by atoms with E-state index in [9.17, 15) is 0 Å². The van der Waals surface area contributed by atoms with Crippen LogP contribution in [-0.4, -0.2) is 168 Å². The van der Waals surface area contributed by atoms with E-state index in [4.69, 9.17) is 21.3 Å². The van der Waals surface area contributed by atoms with Gasteiger partial charge < -0.3 is 45.9 Å². The summed E-state index contributed by atoms with van der Waals surface area (Å²) >= 11 is 0. The summed E-state index contributed by atoms with van der Waals surface area (Å²) < 4.78 is 0. The summed E-state index contributed by atoms with van der Waals surface area (Å²) in [5.74, 6) is 0. The maximum Gasteiger partial charge on any atom is 2.00 e.